The van der Waals surface area contributed by atoms with Gasteiger partial charge in [-0.2, -0.15) is 0 Å². The minimum Gasteiger partial charge on any atom is -0.314 e. The summed E-state index contributed by atoms with van der Waals surface area (Å²) in [6.45, 7) is 2.92. The van der Waals surface area contributed by atoms with Gasteiger partial charge in [0.25, 0.3) is 5.69 Å². The lowest BCUT2D eigenvalue weighted by atomic mass is 10.1. The average molecular weight is 382 g/mol. The van der Waals surface area contributed by atoms with E-state index in [-0.39, 0.29) is 11.6 Å². The molecular formula is C21H26N4O3. The Morgan fingerprint density at radius 1 is 1.21 bits per heavy atom. The van der Waals surface area contributed by atoms with Gasteiger partial charge in [-0.15, -0.1) is 0 Å². The summed E-state index contributed by atoms with van der Waals surface area (Å²) >= 11 is 0. The molecule has 1 unspecified atom stereocenters. The molecule has 1 atom stereocenters. The third-order valence-corrected chi connectivity index (χ3v) is 5.12. The average Bonchev–Trinajstić information content (AvgIpc) is 2.73. The Balaban J connectivity index is 1.50. The highest BCUT2D eigenvalue weighted by atomic mass is 16.6. The van der Waals surface area contributed by atoms with Gasteiger partial charge in [0.2, 0.25) is 5.91 Å². The third-order valence-electron chi connectivity index (χ3n) is 5.12. The Bertz CT molecular complexity index is 795. The number of anilines is 1. The third kappa shape index (κ3) is 5.37. The van der Waals surface area contributed by atoms with Gasteiger partial charge in [0.1, 0.15) is 0 Å². The van der Waals surface area contributed by atoms with Crippen molar-refractivity contribution in [3.05, 3.63) is 70.3 Å². The second-order valence-electron chi connectivity index (χ2n) is 7.17. The molecular weight excluding hydrogens is 356 g/mol. The zero-order valence-electron chi connectivity index (χ0n) is 16.1. The fourth-order valence-corrected chi connectivity index (χ4v) is 3.46. The number of hydrogen-bond donors (Lipinski definition) is 1. The van der Waals surface area contributed by atoms with Crippen molar-refractivity contribution in [2.45, 2.75) is 25.4 Å². The van der Waals surface area contributed by atoms with E-state index in [1.54, 1.807) is 24.1 Å². The van der Waals surface area contributed by atoms with Crippen LogP contribution >= 0.6 is 0 Å². The molecule has 7 heteroatoms. The number of nitrogens with one attached hydrogen (secondary N) is 1. The van der Waals surface area contributed by atoms with E-state index >= 15 is 0 Å². The number of hydrogen-bond acceptors (Lipinski definition) is 5. The zero-order chi connectivity index (χ0) is 19.9. The molecule has 2 aromatic rings. The highest BCUT2D eigenvalue weighted by Crippen LogP contribution is 2.19. The van der Waals surface area contributed by atoms with Gasteiger partial charge in [-0.25, -0.2) is 0 Å². The van der Waals surface area contributed by atoms with Crippen LogP contribution in [0.2, 0.25) is 0 Å². The summed E-state index contributed by atoms with van der Waals surface area (Å²) in [5, 5.41) is 14.4. The van der Waals surface area contributed by atoms with E-state index in [1.807, 2.05) is 18.2 Å². The Labute approximate surface area is 165 Å². The number of piperidine rings is 1. The molecule has 0 bridgehead atoms. The smallest absolute Gasteiger partial charge is 0.269 e. The number of nitro benzene ring substituents is 1. The van der Waals surface area contributed by atoms with Gasteiger partial charge in [0, 0.05) is 44.0 Å². The van der Waals surface area contributed by atoms with Crippen LogP contribution in [0.15, 0.2) is 54.6 Å². The molecule has 2 aromatic carbocycles. The molecule has 0 aromatic heterocycles. The Morgan fingerprint density at radius 3 is 2.61 bits per heavy atom. The van der Waals surface area contributed by atoms with Crippen molar-refractivity contribution in [3.63, 3.8) is 0 Å². The predicted octanol–water partition coefficient (Wildman–Crippen LogP) is 2.81. The number of non-ortho nitro benzene ring substituents is 1. The van der Waals surface area contributed by atoms with E-state index in [9.17, 15) is 14.9 Å². The van der Waals surface area contributed by atoms with Gasteiger partial charge in [-0.1, -0.05) is 30.3 Å². The van der Waals surface area contributed by atoms with Crippen molar-refractivity contribution < 1.29 is 9.72 Å². The molecule has 1 saturated heterocycles. The van der Waals surface area contributed by atoms with Crippen molar-refractivity contribution in [3.8, 4) is 0 Å². The standard InChI is InChI=1S/C21H26N4O3/c1-23(19-9-11-20(12-10-19)25(27)28)21(26)16-24-13-5-8-18(15-24)22-14-17-6-3-2-4-7-17/h2-4,6-7,9-12,18,22H,5,8,13-16H2,1H3. The highest BCUT2D eigenvalue weighted by Gasteiger charge is 2.23. The first-order valence-electron chi connectivity index (χ1n) is 9.53. The van der Waals surface area contributed by atoms with Crippen molar-refractivity contribution in [1.82, 2.24) is 10.2 Å². The lowest BCUT2D eigenvalue weighted by Gasteiger charge is -2.33. The maximum atomic E-state index is 12.6. The maximum absolute atomic E-state index is 12.6. The molecule has 0 radical (unpaired) electrons. The van der Waals surface area contributed by atoms with E-state index in [4.69, 9.17) is 0 Å². The molecule has 1 heterocycles. The lowest BCUT2D eigenvalue weighted by Crippen LogP contribution is -2.48. The molecule has 1 N–H and O–H groups in total. The molecule has 1 fully saturated rings. The second-order valence-corrected chi connectivity index (χ2v) is 7.17. The fourth-order valence-electron chi connectivity index (χ4n) is 3.46. The summed E-state index contributed by atoms with van der Waals surface area (Å²) in [4.78, 5) is 26.7. The number of nitro groups is 1. The summed E-state index contributed by atoms with van der Waals surface area (Å²) in [6, 6.07) is 16.7. The number of benzene rings is 2. The van der Waals surface area contributed by atoms with E-state index in [1.165, 1.54) is 17.7 Å². The van der Waals surface area contributed by atoms with Crippen LogP contribution in [0.4, 0.5) is 11.4 Å². The molecule has 28 heavy (non-hydrogen) atoms. The van der Waals surface area contributed by atoms with E-state index in [0.717, 1.165) is 32.5 Å². The summed E-state index contributed by atoms with van der Waals surface area (Å²) in [5.41, 5.74) is 1.94. The predicted molar refractivity (Wildman–Crippen MR) is 109 cm³/mol. The summed E-state index contributed by atoms with van der Waals surface area (Å²) in [5.74, 6) is -0.0161. The maximum Gasteiger partial charge on any atom is 0.269 e. The number of nitrogens with zero attached hydrogens (tertiary/aromatic N) is 3. The summed E-state index contributed by atoms with van der Waals surface area (Å²) in [6.07, 6.45) is 2.16. The van der Waals surface area contributed by atoms with Crippen molar-refractivity contribution in [2.75, 3.05) is 31.6 Å². The second kappa shape index (κ2) is 9.43. The SMILES string of the molecule is CN(C(=O)CN1CCCC(NCc2ccccc2)C1)c1ccc([N+](=O)[O-])cc1. The van der Waals surface area contributed by atoms with E-state index in [2.05, 4.69) is 22.3 Å². The number of likely N-dealkylation sites (N-methyl/N-ethyl adjacent to an activating group) is 1. The summed E-state index contributed by atoms with van der Waals surface area (Å²) in [7, 11) is 1.71. The van der Waals surface area contributed by atoms with E-state index in [0.29, 0.717) is 18.3 Å². The number of likely N-dealkylation sites (tertiary alicyclic amines) is 1. The summed E-state index contributed by atoms with van der Waals surface area (Å²) < 4.78 is 0. The molecule has 0 aliphatic carbocycles. The van der Waals surface area contributed by atoms with Crippen LogP contribution in [0.5, 0.6) is 0 Å². The van der Waals surface area contributed by atoms with Crippen LogP contribution in [-0.2, 0) is 11.3 Å². The van der Waals surface area contributed by atoms with Gasteiger partial charge >= 0.3 is 0 Å². The first kappa shape index (κ1) is 20.0. The molecule has 148 valence electrons. The monoisotopic (exact) mass is 382 g/mol. The molecule has 0 spiro atoms. The Kier molecular flexibility index (Phi) is 6.73. The normalized spacial score (nSPS) is 17.2. The largest absolute Gasteiger partial charge is 0.314 e. The van der Waals surface area contributed by atoms with Crippen LogP contribution in [0.25, 0.3) is 0 Å². The molecule has 1 amide bonds. The molecule has 0 saturated carbocycles. The Morgan fingerprint density at radius 2 is 1.93 bits per heavy atom. The van der Waals surface area contributed by atoms with Crippen molar-refractivity contribution in [1.29, 1.82) is 0 Å². The van der Waals surface area contributed by atoms with Crippen LogP contribution in [0, 0.1) is 10.1 Å². The van der Waals surface area contributed by atoms with Crippen LogP contribution in [-0.4, -0.2) is 48.5 Å². The van der Waals surface area contributed by atoms with Crippen LogP contribution in [0.1, 0.15) is 18.4 Å². The van der Waals surface area contributed by atoms with Crippen LogP contribution in [0.3, 0.4) is 0 Å². The Hall–Kier alpha value is -2.77. The fraction of sp³-hybridized carbons (Fsp3) is 0.381. The zero-order valence-corrected chi connectivity index (χ0v) is 16.1. The number of carbonyl (C=O) groups excluding carboxylic acids is 1. The first-order chi connectivity index (χ1) is 13.5. The number of amides is 1. The van der Waals surface area contributed by atoms with Gasteiger partial charge in [-0.05, 0) is 37.1 Å². The number of rotatable bonds is 7. The molecule has 3 rings (SSSR count). The molecule has 1 aliphatic rings. The van der Waals surface area contributed by atoms with E-state index < -0.39 is 4.92 Å². The van der Waals surface area contributed by atoms with Gasteiger partial charge < -0.3 is 10.2 Å². The molecule has 7 nitrogen and oxygen atoms in total. The minimum absolute atomic E-state index is 0.0161. The van der Waals surface area contributed by atoms with Crippen LogP contribution < -0.4 is 10.2 Å². The quantitative estimate of drug-likeness (QED) is 0.588. The highest BCUT2D eigenvalue weighted by molar-refractivity contribution is 5.94. The van der Waals surface area contributed by atoms with Crippen molar-refractivity contribution in [2.24, 2.45) is 0 Å². The molecule has 1 aliphatic heterocycles. The lowest BCUT2D eigenvalue weighted by molar-refractivity contribution is -0.384. The van der Waals surface area contributed by atoms with Gasteiger partial charge in [0.05, 0.1) is 11.5 Å². The van der Waals surface area contributed by atoms with Crippen molar-refractivity contribution >= 4 is 17.3 Å². The number of carbonyl (C=O) groups is 1. The topological polar surface area (TPSA) is 78.7 Å². The van der Waals surface area contributed by atoms with Gasteiger partial charge in [-0.3, -0.25) is 19.8 Å². The van der Waals surface area contributed by atoms with Gasteiger partial charge in [0.15, 0.2) is 0 Å². The minimum atomic E-state index is -0.443. The first-order valence-corrected chi connectivity index (χ1v) is 9.53.